The Morgan fingerprint density at radius 3 is 2.05 bits per heavy atom. The second-order valence-electron chi connectivity index (χ2n) is 6.77. The molecule has 0 aliphatic rings. The summed E-state index contributed by atoms with van der Waals surface area (Å²) >= 11 is 0. The van der Waals surface area contributed by atoms with Crippen molar-refractivity contribution in [2.45, 2.75) is 59.5 Å². The SMILES string of the molecule is CC(C)CCOCC[P+](=O)C(C)(C)C(=O)OCCC(C)C. The van der Waals surface area contributed by atoms with E-state index in [4.69, 9.17) is 9.47 Å². The number of rotatable bonds is 11. The van der Waals surface area contributed by atoms with Crippen LogP contribution in [0.5, 0.6) is 0 Å². The van der Waals surface area contributed by atoms with Crippen molar-refractivity contribution < 1.29 is 18.8 Å². The number of hydrogen-bond acceptors (Lipinski definition) is 4. The average Bonchev–Trinajstić information content (AvgIpc) is 2.36. The fourth-order valence-electron chi connectivity index (χ4n) is 1.51. The van der Waals surface area contributed by atoms with Crippen LogP contribution in [0.25, 0.3) is 0 Å². The molecule has 0 heterocycles. The first-order valence-corrected chi connectivity index (χ1v) is 9.32. The summed E-state index contributed by atoms with van der Waals surface area (Å²) in [4.78, 5) is 12.0. The van der Waals surface area contributed by atoms with E-state index in [1.54, 1.807) is 13.8 Å². The lowest BCUT2D eigenvalue weighted by Crippen LogP contribution is -2.31. The Hall–Kier alpha value is -0.470. The van der Waals surface area contributed by atoms with Crippen molar-refractivity contribution in [3.8, 4) is 0 Å². The first kappa shape index (κ1) is 20.5. The number of carbonyl (C=O) groups excluding carboxylic acids is 1. The second-order valence-corrected chi connectivity index (χ2v) is 9.10. The van der Waals surface area contributed by atoms with Gasteiger partial charge in [0.05, 0.1) is 13.2 Å². The molecule has 1 unspecified atom stereocenters. The molecular formula is C16H32O4P+. The summed E-state index contributed by atoms with van der Waals surface area (Å²) in [6.07, 6.45) is 2.23. The third-order valence-corrected chi connectivity index (χ3v) is 5.35. The molecule has 21 heavy (non-hydrogen) atoms. The van der Waals surface area contributed by atoms with Crippen molar-refractivity contribution in [2.75, 3.05) is 26.0 Å². The van der Waals surface area contributed by atoms with Crippen LogP contribution >= 0.6 is 7.80 Å². The third-order valence-electron chi connectivity index (χ3n) is 3.33. The van der Waals surface area contributed by atoms with Gasteiger partial charge >= 0.3 is 13.8 Å². The van der Waals surface area contributed by atoms with Crippen molar-refractivity contribution in [3.05, 3.63) is 0 Å². The Morgan fingerprint density at radius 2 is 1.52 bits per heavy atom. The topological polar surface area (TPSA) is 52.6 Å². The summed E-state index contributed by atoms with van der Waals surface area (Å²) < 4.78 is 23.0. The summed E-state index contributed by atoms with van der Waals surface area (Å²) in [6, 6.07) is 0. The van der Waals surface area contributed by atoms with Crippen molar-refractivity contribution in [1.82, 2.24) is 0 Å². The van der Waals surface area contributed by atoms with E-state index in [2.05, 4.69) is 27.7 Å². The van der Waals surface area contributed by atoms with Gasteiger partial charge in [0.2, 0.25) is 0 Å². The molecule has 0 bridgehead atoms. The Kier molecular flexibility index (Phi) is 10.1. The normalized spacial score (nSPS) is 12.9. The molecule has 0 aromatic rings. The lowest BCUT2D eigenvalue weighted by molar-refractivity contribution is -0.146. The zero-order chi connectivity index (χ0) is 16.5. The van der Waals surface area contributed by atoms with Gasteiger partial charge in [0.1, 0.15) is 0 Å². The molecule has 0 saturated heterocycles. The monoisotopic (exact) mass is 319 g/mol. The molecule has 4 nitrogen and oxygen atoms in total. The van der Waals surface area contributed by atoms with Crippen LogP contribution in [0.3, 0.4) is 0 Å². The standard InChI is InChI=1S/C16H32O4P/c1-13(2)7-9-19-11-12-21(18)16(5,6)15(17)20-10-8-14(3)4/h13-14H,7-12H2,1-6H3/q+1. The predicted molar refractivity (Wildman–Crippen MR) is 87.2 cm³/mol. The minimum Gasteiger partial charge on any atom is -0.462 e. The number of esters is 1. The van der Waals surface area contributed by atoms with E-state index in [-0.39, 0.29) is 5.97 Å². The van der Waals surface area contributed by atoms with Crippen LogP contribution in [0.2, 0.25) is 0 Å². The Balaban J connectivity index is 4.05. The lowest BCUT2D eigenvalue weighted by Gasteiger charge is -2.14. The number of carbonyl (C=O) groups is 1. The molecule has 0 spiro atoms. The summed E-state index contributed by atoms with van der Waals surface area (Å²) in [7, 11) is -1.68. The molecule has 5 heteroatoms. The highest BCUT2D eigenvalue weighted by molar-refractivity contribution is 7.47. The molecular weight excluding hydrogens is 287 g/mol. The van der Waals surface area contributed by atoms with Gasteiger partial charge in [0.25, 0.3) is 5.16 Å². The van der Waals surface area contributed by atoms with E-state index in [0.717, 1.165) is 12.8 Å². The molecule has 0 rings (SSSR count). The Morgan fingerprint density at radius 1 is 1.00 bits per heavy atom. The van der Waals surface area contributed by atoms with E-state index < -0.39 is 13.0 Å². The summed E-state index contributed by atoms with van der Waals surface area (Å²) in [5, 5.41) is -0.937. The fourth-order valence-corrected chi connectivity index (χ4v) is 2.64. The summed E-state index contributed by atoms with van der Waals surface area (Å²) in [5.74, 6) is 0.724. The summed E-state index contributed by atoms with van der Waals surface area (Å²) in [6.45, 7) is 13.3. The Labute approximate surface area is 130 Å². The molecule has 0 saturated carbocycles. The largest absolute Gasteiger partial charge is 0.462 e. The van der Waals surface area contributed by atoms with Crippen LogP contribution in [0.4, 0.5) is 0 Å². The van der Waals surface area contributed by atoms with Crippen molar-refractivity contribution in [2.24, 2.45) is 11.8 Å². The molecule has 0 fully saturated rings. The third kappa shape index (κ3) is 9.21. The van der Waals surface area contributed by atoms with E-state index in [0.29, 0.717) is 37.8 Å². The van der Waals surface area contributed by atoms with Crippen molar-refractivity contribution in [3.63, 3.8) is 0 Å². The first-order chi connectivity index (χ1) is 9.67. The lowest BCUT2D eigenvalue weighted by atomic mass is 10.1. The van der Waals surface area contributed by atoms with E-state index in [1.165, 1.54) is 0 Å². The first-order valence-electron chi connectivity index (χ1n) is 7.87. The summed E-state index contributed by atoms with van der Waals surface area (Å²) in [5.41, 5.74) is 0. The van der Waals surface area contributed by atoms with Gasteiger partial charge < -0.3 is 9.47 Å². The van der Waals surface area contributed by atoms with E-state index >= 15 is 0 Å². The molecule has 0 aromatic heterocycles. The average molecular weight is 319 g/mol. The highest BCUT2D eigenvalue weighted by atomic mass is 31.1. The zero-order valence-electron chi connectivity index (χ0n) is 14.5. The van der Waals surface area contributed by atoms with Gasteiger partial charge in [-0.25, -0.2) is 4.79 Å². The highest BCUT2D eigenvalue weighted by Gasteiger charge is 2.47. The maximum Gasteiger partial charge on any atom is 0.360 e. The smallest absolute Gasteiger partial charge is 0.360 e. The number of hydrogen-bond donors (Lipinski definition) is 0. The quantitative estimate of drug-likeness (QED) is 0.325. The Bertz CT molecular complexity index is 324. The fraction of sp³-hybridized carbons (Fsp3) is 0.938. The van der Waals surface area contributed by atoms with Crippen LogP contribution in [0, 0.1) is 11.8 Å². The van der Waals surface area contributed by atoms with Crippen LogP contribution < -0.4 is 0 Å². The van der Waals surface area contributed by atoms with Crippen molar-refractivity contribution in [1.29, 1.82) is 0 Å². The van der Waals surface area contributed by atoms with Crippen LogP contribution in [-0.2, 0) is 18.8 Å². The van der Waals surface area contributed by atoms with Crippen LogP contribution in [-0.4, -0.2) is 37.1 Å². The minimum atomic E-state index is -1.68. The highest BCUT2D eigenvalue weighted by Crippen LogP contribution is 2.39. The molecule has 0 amide bonds. The van der Waals surface area contributed by atoms with Gasteiger partial charge in [-0.15, -0.1) is 0 Å². The van der Waals surface area contributed by atoms with Crippen LogP contribution in [0.1, 0.15) is 54.4 Å². The zero-order valence-corrected chi connectivity index (χ0v) is 15.4. The predicted octanol–water partition coefficient (Wildman–Crippen LogP) is 4.24. The van der Waals surface area contributed by atoms with Gasteiger partial charge in [0, 0.05) is 6.61 Å². The molecule has 0 aliphatic heterocycles. The van der Waals surface area contributed by atoms with Crippen LogP contribution in [0.15, 0.2) is 0 Å². The number of ether oxygens (including phenoxy) is 2. The molecule has 0 aromatic carbocycles. The van der Waals surface area contributed by atoms with Gasteiger partial charge in [0.15, 0.2) is 6.16 Å². The maximum atomic E-state index is 12.3. The van der Waals surface area contributed by atoms with Gasteiger partial charge in [-0.3, -0.25) is 0 Å². The minimum absolute atomic E-state index is 0.369. The molecule has 1 atom stereocenters. The maximum absolute atomic E-state index is 12.3. The van der Waals surface area contributed by atoms with Gasteiger partial charge in [-0.1, -0.05) is 32.3 Å². The molecule has 0 aliphatic carbocycles. The second kappa shape index (κ2) is 10.3. The van der Waals surface area contributed by atoms with Gasteiger partial charge in [-0.2, -0.15) is 0 Å². The molecule has 124 valence electrons. The van der Waals surface area contributed by atoms with Gasteiger partial charge in [-0.05, 0) is 38.5 Å². The van der Waals surface area contributed by atoms with Crippen molar-refractivity contribution >= 4 is 13.8 Å². The molecule has 0 N–H and O–H groups in total. The van der Waals surface area contributed by atoms with E-state index in [9.17, 15) is 9.36 Å². The molecule has 0 radical (unpaired) electrons. The van der Waals surface area contributed by atoms with E-state index in [1.807, 2.05) is 0 Å².